The molecule has 1 aromatic heterocycles. The first-order chi connectivity index (χ1) is 10.1. The topological polar surface area (TPSA) is 33.2 Å². The molecule has 0 N–H and O–H groups in total. The van der Waals surface area contributed by atoms with Crippen molar-refractivity contribution in [2.45, 2.75) is 38.6 Å². The predicted octanol–water partition coefficient (Wildman–Crippen LogP) is 3.22. The molecular weight excluding hydrogens is 260 g/mol. The molecule has 1 aliphatic rings. The van der Waals surface area contributed by atoms with Crippen molar-refractivity contribution in [2.75, 3.05) is 13.1 Å². The van der Waals surface area contributed by atoms with Crippen molar-refractivity contribution in [1.82, 2.24) is 9.88 Å². The summed E-state index contributed by atoms with van der Waals surface area (Å²) in [7, 11) is 0. The third-order valence-electron chi connectivity index (χ3n) is 4.67. The Balaban J connectivity index is 1.86. The first-order valence-electron chi connectivity index (χ1n) is 7.70. The number of hydrogen-bond acceptors (Lipinski definition) is 3. The SMILES string of the molecule is CC(C)(C(=O)Cc1ccnc2ccccc12)N1CCCC1. The van der Waals surface area contributed by atoms with Crippen molar-refractivity contribution in [1.29, 1.82) is 0 Å². The predicted molar refractivity (Wildman–Crippen MR) is 85.3 cm³/mol. The molecule has 2 heterocycles. The van der Waals surface area contributed by atoms with E-state index in [4.69, 9.17) is 0 Å². The zero-order valence-electron chi connectivity index (χ0n) is 12.8. The van der Waals surface area contributed by atoms with Gasteiger partial charge in [-0.05, 0) is 57.5 Å². The van der Waals surface area contributed by atoms with Gasteiger partial charge in [0.1, 0.15) is 0 Å². The Morgan fingerprint density at radius 3 is 2.67 bits per heavy atom. The Labute approximate surface area is 126 Å². The van der Waals surface area contributed by atoms with E-state index in [1.807, 2.05) is 30.3 Å². The van der Waals surface area contributed by atoms with Crippen LogP contribution in [0.5, 0.6) is 0 Å². The molecule has 0 bridgehead atoms. The van der Waals surface area contributed by atoms with Crippen LogP contribution in [0.3, 0.4) is 0 Å². The van der Waals surface area contributed by atoms with Gasteiger partial charge in [0.2, 0.25) is 0 Å². The summed E-state index contributed by atoms with van der Waals surface area (Å²) < 4.78 is 0. The molecular formula is C18H22N2O. The number of carbonyl (C=O) groups excluding carboxylic acids is 1. The van der Waals surface area contributed by atoms with Crippen molar-refractivity contribution < 1.29 is 4.79 Å². The molecule has 0 amide bonds. The van der Waals surface area contributed by atoms with Gasteiger partial charge in [-0.3, -0.25) is 14.7 Å². The first kappa shape index (κ1) is 14.2. The Morgan fingerprint density at radius 2 is 1.90 bits per heavy atom. The lowest BCUT2D eigenvalue weighted by Gasteiger charge is -2.34. The number of pyridine rings is 1. The third-order valence-corrected chi connectivity index (χ3v) is 4.67. The molecule has 3 rings (SSSR count). The van der Waals surface area contributed by atoms with Crippen LogP contribution < -0.4 is 0 Å². The lowest BCUT2D eigenvalue weighted by molar-refractivity contribution is -0.128. The average molecular weight is 282 g/mol. The van der Waals surface area contributed by atoms with Crippen molar-refractivity contribution in [3.63, 3.8) is 0 Å². The number of fused-ring (bicyclic) bond motifs is 1. The van der Waals surface area contributed by atoms with E-state index in [1.165, 1.54) is 12.8 Å². The molecule has 0 unspecified atom stereocenters. The van der Waals surface area contributed by atoms with Crippen LogP contribution in [0.25, 0.3) is 10.9 Å². The van der Waals surface area contributed by atoms with Gasteiger partial charge in [-0.1, -0.05) is 18.2 Å². The highest BCUT2D eigenvalue weighted by Crippen LogP contribution is 2.25. The number of ketones is 1. The number of likely N-dealkylation sites (tertiary alicyclic amines) is 1. The number of aromatic nitrogens is 1. The van der Waals surface area contributed by atoms with Gasteiger partial charge in [0.25, 0.3) is 0 Å². The fourth-order valence-electron chi connectivity index (χ4n) is 3.15. The Hall–Kier alpha value is -1.74. The van der Waals surface area contributed by atoms with Gasteiger partial charge in [0.05, 0.1) is 11.1 Å². The molecule has 0 atom stereocenters. The monoisotopic (exact) mass is 282 g/mol. The van der Waals surface area contributed by atoms with Gasteiger partial charge in [-0.15, -0.1) is 0 Å². The molecule has 0 saturated carbocycles. The molecule has 3 heteroatoms. The molecule has 0 aliphatic carbocycles. The van der Waals surface area contributed by atoms with Gasteiger partial charge in [-0.25, -0.2) is 0 Å². The van der Waals surface area contributed by atoms with Crippen molar-refractivity contribution in [2.24, 2.45) is 0 Å². The standard InChI is InChI=1S/C18H22N2O/c1-18(2,20-11-5-6-12-20)17(21)13-14-9-10-19-16-8-4-3-7-15(14)16/h3-4,7-10H,5-6,11-13H2,1-2H3. The summed E-state index contributed by atoms with van der Waals surface area (Å²) in [4.78, 5) is 19.5. The largest absolute Gasteiger partial charge is 0.297 e. The maximum atomic E-state index is 12.8. The van der Waals surface area contributed by atoms with Gasteiger partial charge in [-0.2, -0.15) is 0 Å². The maximum absolute atomic E-state index is 12.8. The third kappa shape index (κ3) is 2.70. The quantitative estimate of drug-likeness (QED) is 0.863. The number of nitrogens with zero attached hydrogens (tertiary/aromatic N) is 2. The molecule has 110 valence electrons. The van der Waals surface area contributed by atoms with E-state index in [9.17, 15) is 4.79 Å². The molecule has 3 nitrogen and oxygen atoms in total. The minimum Gasteiger partial charge on any atom is -0.297 e. The van der Waals surface area contributed by atoms with Gasteiger partial charge in [0, 0.05) is 18.0 Å². The Morgan fingerprint density at radius 1 is 1.19 bits per heavy atom. The molecule has 1 aromatic carbocycles. The molecule has 0 spiro atoms. The summed E-state index contributed by atoms with van der Waals surface area (Å²) >= 11 is 0. The number of hydrogen-bond donors (Lipinski definition) is 0. The Kier molecular flexibility index (Phi) is 3.77. The van der Waals surface area contributed by atoms with Crippen molar-refractivity contribution in [3.05, 3.63) is 42.1 Å². The second kappa shape index (κ2) is 5.57. The lowest BCUT2D eigenvalue weighted by Crippen LogP contribution is -2.49. The number of Topliss-reactive ketones (excluding diaryl/α,β-unsaturated/α-hetero) is 1. The number of para-hydroxylation sites is 1. The normalized spacial score (nSPS) is 16.5. The van der Waals surface area contributed by atoms with E-state index in [1.54, 1.807) is 6.20 Å². The summed E-state index contributed by atoms with van der Waals surface area (Å²) in [6.07, 6.45) is 4.68. The minimum absolute atomic E-state index is 0.292. The van der Waals surface area contributed by atoms with Crippen LogP contribution in [-0.4, -0.2) is 34.3 Å². The van der Waals surface area contributed by atoms with Crippen LogP contribution in [-0.2, 0) is 11.2 Å². The van der Waals surface area contributed by atoms with Crippen LogP contribution in [0, 0.1) is 0 Å². The van der Waals surface area contributed by atoms with Crippen LogP contribution in [0.4, 0.5) is 0 Å². The van der Waals surface area contributed by atoms with E-state index >= 15 is 0 Å². The second-order valence-corrected chi connectivity index (χ2v) is 6.34. The Bertz CT molecular complexity index is 652. The second-order valence-electron chi connectivity index (χ2n) is 6.34. The fourth-order valence-corrected chi connectivity index (χ4v) is 3.15. The summed E-state index contributed by atoms with van der Waals surface area (Å²) in [5.41, 5.74) is 1.67. The van der Waals surface area contributed by atoms with Crippen LogP contribution in [0.2, 0.25) is 0 Å². The van der Waals surface area contributed by atoms with Crippen LogP contribution in [0.15, 0.2) is 36.5 Å². The van der Waals surface area contributed by atoms with E-state index in [2.05, 4.69) is 23.7 Å². The highest BCUT2D eigenvalue weighted by Gasteiger charge is 2.35. The molecule has 21 heavy (non-hydrogen) atoms. The number of benzene rings is 1. The van der Waals surface area contributed by atoms with Gasteiger partial charge < -0.3 is 0 Å². The van der Waals surface area contributed by atoms with Gasteiger partial charge >= 0.3 is 0 Å². The van der Waals surface area contributed by atoms with Crippen molar-refractivity contribution >= 4 is 16.7 Å². The summed E-state index contributed by atoms with van der Waals surface area (Å²) in [6.45, 7) is 6.19. The summed E-state index contributed by atoms with van der Waals surface area (Å²) in [5.74, 6) is 0.292. The smallest absolute Gasteiger partial charge is 0.156 e. The van der Waals surface area contributed by atoms with Crippen LogP contribution in [0.1, 0.15) is 32.3 Å². The average Bonchev–Trinajstić information content (AvgIpc) is 3.02. The molecule has 0 radical (unpaired) electrons. The minimum atomic E-state index is -0.374. The highest BCUT2D eigenvalue weighted by atomic mass is 16.1. The first-order valence-corrected chi connectivity index (χ1v) is 7.70. The molecule has 1 saturated heterocycles. The van der Waals surface area contributed by atoms with E-state index in [0.717, 1.165) is 29.6 Å². The van der Waals surface area contributed by atoms with Gasteiger partial charge in [0.15, 0.2) is 5.78 Å². The highest BCUT2D eigenvalue weighted by molar-refractivity contribution is 5.93. The van der Waals surface area contributed by atoms with E-state index < -0.39 is 0 Å². The molecule has 2 aromatic rings. The van der Waals surface area contributed by atoms with Crippen LogP contribution >= 0.6 is 0 Å². The lowest BCUT2D eigenvalue weighted by atomic mass is 9.91. The summed E-state index contributed by atoms with van der Waals surface area (Å²) in [5, 5.41) is 1.09. The summed E-state index contributed by atoms with van der Waals surface area (Å²) in [6, 6.07) is 10.0. The number of rotatable bonds is 4. The molecule has 1 fully saturated rings. The molecule has 1 aliphatic heterocycles. The van der Waals surface area contributed by atoms with E-state index in [0.29, 0.717) is 12.2 Å². The number of carbonyl (C=O) groups is 1. The van der Waals surface area contributed by atoms with E-state index in [-0.39, 0.29) is 5.54 Å². The maximum Gasteiger partial charge on any atom is 0.156 e. The zero-order chi connectivity index (χ0) is 14.9. The zero-order valence-corrected chi connectivity index (χ0v) is 12.8. The van der Waals surface area contributed by atoms with Crippen molar-refractivity contribution in [3.8, 4) is 0 Å². The fraction of sp³-hybridized carbons (Fsp3) is 0.444.